The highest BCUT2D eigenvalue weighted by molar-refractivity contribution is 7.92. The number of hydrogen-bond donors (Lipinski definition) is 1. The molecule has 1 aliphatic heterocycles. The highest BCUT2D eigenvalue weighted by Gasteiger charge is 2.29. The minimum Gasteiger partial charge on any atom is -0.491 e. The maximum absolute atomic E-state index is 13.2. The molecule has 0 radical (unpaired) electrons. The summed E-state index contributed by atoms with van der Waals surface area (Å²) in [5.74, 6) is -0.148. The lowest BCUT2D eigenvalue weighted by atomic mass is 10.0. The van der Waals surface area contributed by atoms with Gasteiger partial charge in [0.25, 0.3) is 5.91 Å². The van der Waals surface area contributed by atoms with Crippen LogP contribution in [0.5, 0.6) is 5.75 Å². The van der Waals surface area contributed by atoms with Gasteiger partial charge >= 0.3 is 0 Å². The molecule has 1 aliphatic rings. The van der Waals surface area contributed by atoms with E-state index in [9.17, 15) is 18.0 Å². The standard InChI is InChI=1S/C21H33N3O6S/c1-7-31(27,28)22-17-8-9-19-18(10-17)21(26)23(5)12-20(29-6)14(2)11-24(16(4)25)15(3)13-30-19/h8-10,14-15,20,22H,7,11-13H2,1-6H3/t14-,15-,20+/m1/s1. The molecule has 0 fully saturated rings. The first kappa shape index (κ1) is 24.9. The van der Waals surface area contributed by atoms with E-state index in [-0.39, 0.29) is 53.5 Å². The van der Waals surface area contributed by atoms with Crippen molar-refractivity contribution in [1.82, 2.24) is 9.80 Å². The Morgan fingerprint density at radius 1 is 1.29 bits per heavy atom. The molecule has 1 N–H and O–H groups in total. The number of nitrogens with one attached hydrogen (secondary N) is 1. The summed E-state index contributed by atoms with van der Waals surface area (Å²) in [6.07, 6.45) is -0.284. The van der Waals surface area contributed by atoms with Crippen LogP contribution in [0.3, 0.4) is 0 Å². The van der Waals surface area contributed by atoms with E-state index in [1.54, 1.807) is 31.2 Å². The van der Waals surface area contributed by atoms with E-state index in [0.717, 1.165) is 0 Å². The van der Waals surface area contributed by atoms with Gasteiger partial charge in [0.1, 0.15) is 12.4 Å². The van der Waals surface area contributed by atoms with Gasteiger partial charge in [-0.2, -0.15) is 0 Å². The molecular weight excluding hydrogens is 422 g/mol. The van der Waals surface area contributed by atoms with E-state index >= 15 is 0 Å². The lowest BCUT2D eigenvalue weighted by Crippen LogP contribution is -2.48. The van der Waals surface area contributed by atoms with Crippen LogP contribution in [0.2, 0.25) is 0 Å². The Kier molecular flexibility index (Phi) is 8.30. The third-order valence-corrected chi connectivity index (χ3v) is 6.81. The lowest BCUT2D eigenvalue weighted by molar-refractivity contribution is -0.133. The Morgan fingerprint density at radius 3 is 2.55 bits per heavy atom. The summed E-state index contributed by atoms with van der Waals surface area (Å²) in [4.78, 5) is 28.7. The molecule has 1 heterocycles. The van der Waals surface area contributed by atoms with E-state index in [1.807, 2.05) is 13.8 Å². The third kappa shape index (κ3) is 6.33. The van der Waals surface area contributed by atoms with E-state index in [1.165, 1.54) is 24.8 Å². The smallest absolute Gasteiger partial charge is 0.257 e. The predicted octanol–water partition coefficient (Wildman–Crippen LogP) is 1.80. The van der Waals surface area contributed by atoms with Crippen LogP contribution in [-0.4, -0.2) is 81.8 Å². The van der Waals surface area contributed by atoms with Gasteiger partial charge in [0, 0.05) is 45.8 Å². The fourth-order valence-electron chi connectivity index (χ4n) is 3.53. The first-order chi connectivity index (χ1) is 14.5. The van der Waals surface area contributed by atoms with Crippen LogP contribution in [0.1, 0.15) is 38.1 Å². The van der Waals surface area contributed by atoms with E-state index < -0.39 is 10.0 Å². The van der Waals surface area contributed by atoms with Gasteiger partial charge in [0.15, 0.2) is 0 Å². The van der Waals surface area contributed by atoms with Gasteiger partial charge in [-0.05, 0) is 32.0 Å². The molecule has 0 saturated heterocycles. The van der Waals surface area contributed by atoms with Gasteiger partial charge in [0.05, 0.1) is 23.5 Å². The Morgan fingerprint density at radius 2 is 1.97 bits per heavy atom. The number of methoxy groups -OCH3 is 1. The van der Waals surface area contributed by atoms with Crippen LogP contribution >= 0.6 is 0 Å². The Labute approximate surface area is 184 Å². The normalized spacial score (nSPS) is 23.3. The topological polar surface area (TPSA) is 105 Å². The number of nitrogens with zero attached hydrogens (tertiary/aromatic N) is 2. The largest absolute Gasteiger partial charge is 0.491 e. The molecule has 174 valence electrons. The molecule has 2 amide bonds. The molecular formula is C21H33N3O6S. The monoisotopic (exact) mass is 455 g/mol. The molecule has 0 aromatic heterocycles. The Balaban J connectivity index is 2.48. The molecule has 0 spiro atoms. The average Bonchev–Trinajstić information content (AvgIpc) is 2.72. The number of fused-ring (bicyclic) bond motifs is 1. The first-order valence-corrected chi connectivity index (χ1v) is 12.0. The number of carbonyl (C=O) groups excluding carboxylic acids is 2. The number of rotatable bonds is 4. The second kappa shape index (κ2) is 10.3. The lowest BCUT2D eigenvalue weighted by Gasteiger charge is -2.35. The zero-order valence-corrected chi connectivity index (χ0v) is 19.9. The Bertz CT molecular complexity index is 904. The van der Waals surface area contributed by atoms with Crippen molar-refractivity contribution in [1.29, 1.82) is 0 Å². The van der Waals surface area contributed by atoms with Crippen molar-refractivity contribution in [2.45, 2.75) is 39.8 Å². The predicted molar refractivity (Wildman–Crippen MR) is 119 cm³/mol. The molecule has 31 heavy (non-hydrogen) atoms. The van der Waals surface area contributed by atoms with Crippen LogP contribution in [-0.2, 0) is 19.6 Å². The summed E-state index contributed by atoms with van der Waals surface area (Å²) in [6.45, 7) is 7.89. The van der Waals surface area contributed by atoms with Crippen LogP contribution in [0.25, 0.3) is 0 Å². The van der Waals surface area contributed by atoms with Crippen molar-refractivity contribution in [2.75, 3.05) is 44.3 Å². The second-order valence-corrected chi connectivity index (χ2v) is 10.00. The number of likely N-dealkylation sites (N-methyl/N-ethyl adjacent to an activating group) is 1. The summed E-state index contributed by atoms with van der Waals surface area (Å²) in [5, 5.41) is 0. The molecule has 1 aromatic rings. The van der Waals surface area contributed by atoms with Crippen molar-refractivity contribution in [3.05, 3.63) is 23.8 Å². The number of hydrogen-bond acceptors (Lipinski definition) is 6. The van der Waals surface area contributed by atoms with Gasteiger partial charge in [-0.15, -0.1) is 0 Å². The molecule has 0 unspecified atom stereocenters. The summed E-state index contributed by atoms with van der Waals surface area (Å²) < 4.78 is 37.9. The fourth-order valence-corrected chi connectivity index (χ4v) is 4.16. The number of amides is 2. The number of sulfonamides is 1. The van der Waals surface area contributed by atoms with Crippen LogP contribution in [0.4, 0.5) is 5.69 Å². The first-order valence-electron chi connectivity index (χ1n) is 10.3. The summed E-state index contributed by atoms with van der Waals surface area (Å²) in [5.41, 5.74) is 0.525. The minimum atomic E-state index is -3.50. The average molecular weight is 456 g/mol. The highest BCUT2D eigenvalue weighted by Crippen LogP contribution is 2.27. The van der Waals surface area contributed by atoms with Crippen molar-refractivity contribution in [3.8, 4) is 5.75 Å². The molecule has 9 nitrogen and oxygen atoms in total. The maximum Gasteiger partial charge on any atom is 0.257 e. The van der Waals surface area contributed by atoms with Gasteiger partial charge in [-0.1, -0.05) is 6.92 Å². The maximum atomic E-state index is 13.2. The zero-order chi connectivity index (χ0) is 23.3. The molecule has 0 saturated carbocycles. The molecule has 0 aliphatic carbocycles. The van der Waals surface area contributed by atoms with Gasteiger partial charge in [0.2, 0.25) is 15.9 Å². The van der Waals surface area contributed by atoms with E-state index in [0.29, 0.717) is 18.8 Å². The molecule has 2 rings (SSSR count). The summed E-state index contributed by atoms with van der Waals surface area (Å²) in [6, 6.07) is 4.38. The number of carbonyl (C=O) groups is 2. The van der Waals surface area contributed by atoms with Crippen molar-refractivity contribution in [2.24, 2.45) is 5.92 Å². The number of benzene rings is 1. The minimum absolute atomic E-state index is 0.0202. The molecule has 1 aromatic carbocycles. The molecule has 3 atom stereocenters. The summed E-state index contributed by atoms with van der Waals surface area (Å²) >= 11 is 0. The van der Waals surface area contributed by atoms with Gasteiger partial charge in [-0.25, -0.2) is 8.42 Å². The summed E-state index contributed by atoms with van der Waals surface area (Å²) in [7, 11) is -0.253. The molecule has 0 bridgehead atoms. The van der Waals surface area contributed by atoms with E-state index in [2.05, 4.69) is 4.72 Å². The number of ether oxygens (including phenoxy) is 2. The zero-order valence-electron chi connectivity index (χ0n) is 19.0. The van der Waals surface area contributed by atoms with Crippen LogP contribution in [0, 0.1) is 5.92 Å². The third-order valence-electron chi connectivity index (χ3n) is 5.50. The number of anilines is 1. The molecule has 10 heteroatoms. The highest BCUT2D eigenvalue weighted by atomic mass is 32.2. The van der Waals surface area contributed by atoms with Crippen molar-refractivity contribution < 1.29 is 27.5 Å². The van der Waals surface area contributed by atoms with Gasteiger partial charge in [-0.3, -0.25) is 14.3 Å². The quantitative estimate of drug-likeness (QED) is 0.742. The van der Waals surface area contributed by atoms with Crippen molar-refractivity contribution >= 4 is 27.5 Å². The van der Waals surface area contributed by atoms with Crippen molar-refractivity contribution in [3.63, 3.8) is 0 Å². The van der Waals surface area contributed by atoms with Crippen LogP contribution < -0.4 is 9.46 Å². The SMILES string of the molecule is CCS(=O)(=O)Nc1ccc2c(c1)C(=O)N(C)C[C@H](OC)[C@H](C)CN(C(C)=O)[C@H](C)CO2. The van der Waals surface area contributed by atoms with Crippen LogP contribution in [0.15, 0.2) is 18.2 Å². The van der Waals surface area contributed by atoms with E-state index in [4.69, 9.17) is 9.47 Å². The van der Waals surface area contributed by atoms with Gasteiger partial charge < -0.3 is 19.3 Å². The second-order valence-electron chi connectivity index (χ2n) is 7.98. The Hall–Kier alpha value is -2.33. The fraction of sp³-hybridized carbons (Fsp3) is 0.619.